The van der Waals surface area contributed by atoms with Crippen LogP contribution in [0.25, 0.3) is 0 Å². The highest BCUT2D eigenvalue weighted by Gasteiger charge is 2.18. The lowest BCUT2D eigenvalue weighted by Crippen LogP contribution is -2.30. The summed E-state index contributed by atoms with van der Waals surface area (Å²) < 4.78 is 0. The number of hydrogen-bond acceptors (Lipinski definition) is 4. The third kappa shape index (κ3) is 4.72. The Morgan fingerprint density at radius 2 is 1.92 bits per heavy atom. The average Bonchev–Trinajstić information content (AvgIpc) is 2.59. The van der Waals surface area contributed by atoms with Crippen molar-refractivity contribution in [3.63, 3.8) is 0 Å². The minimum absolute atomic E-state index is 0.00975. The molecule has 6 heteroatoms. The number of carbonyl (C=O) groups is 1. The Bertz CT molecular complexity index is 799. The second-order valence-corrected chi connectivity index (χ2v) is 7.03. The third-order valence-electron chi connectivity index (χ3n) is 4.52. The molecule has 0 aliphatic heterocycles. The summed E-state index contributed by atoms with van der Waals surface area (Å²) in [5.41, 5.74) is 3.42. The minimum Gasteiger partial charge on any atom is -0.339 e. The van der Waals surface area contributed by atoms with Crippen LogP contribution in [-0.2, 0) is 11.2 Å². The normalized spacial score (nSPS) is 12.0. The predicted molar refractivity (Wildman–Crippen MR) is 102 cm³/mol. The first-order valence-electron chi connectivity index (χ1n) is 8.29. The molecule has 1 atom stereocenters. The number of nitrogens with zero attached hydrogens (tertiary/aromatic N) is 2. The van der Waals surface area contributed by atoms with E-state index in [0.29, 0.717) is 22.8 Å². The highest BCUT2D eigenvalue weighted by atomic mass is 32.2. The number of carbonyl (C=O) groups excluding carboxylic acids is 1. The van der Waals surface area contributed by atoms with Crippen LogP contribution < -0.4 is 5.56 Å². The van der Waals surface area contributed by atoms with Gasteiger partial charge < -0.3 is 9.88 Å². The largest absolute Gasteiger partial charge is 0.339 e. The summed E-state index contributed by atoms with van der Waals surface area (Å²) in [6.45, 7) is 5.86. The van der Waals surface area contributed by atoms with Gasteiger partial charge in [0, 0.05) is 24.7 Å². The van der Waals surface area contributed by atoms with Gasteiger partial charge in [-0.15, -0.1) is 0 Å². The highest BCUT2D eigenvalue weighted by molar-refractivity contribution is 7.98. The zero-order valence-corrected chi connectivity index (χ0v) is 16.2. The number of amides is 1. The number of H-pyrrole nitrogens is 1. The Balaban J connectivity index is 2.04. The number of aryl methyl sites for hydroxylation is 2. The molecule has 2 rings (SSSR count). The van der Waals surface area contributed by atoms with Gasteiger partial charge in [-0.2, -0.15) is 0 Å². The van der Waals surface area contributed by atoms with Gasteiger partial charge in [0.1, 0.15) is 0 Å². The monoisotopic (exact) mass is 359 g/mol. The molecule has 0 aliphatic rings. The SMILES string of the molecule is CSc1nc(C)c(CCC(=O)N(C)C(C)c2ccc(C)cc2)c(=O)[nH]1. The van der Waals surface area contributed by atoms with E-state index in [0.717, 1.165) is 5.56 Å². The lowest BCUT2D eigenvalue weighted by Gasteiger charge is -2.25. The van der Waals surface area contributed by atoms with E-state index < -0.39 is 0 Å². The maximum absolute atomic E-state index is 12.5. The van der Waals surface area contributed by atoms with Crippen molar-refractivity contribution >= 4 is 17.7 Å². The van der Waals surface area contributed by atoms with Crippen molar-refractivity contribution in [3.05, 3.63) is 57.0 Å². The van der Waals surface area contributed by atoms with Crippen molar-refractivity contribution in [1.29, 1.82) is 0 Å². The van der Waals surface area contributed by atoms with Crippen LogP contribution in [0, 0.1) is 13.8 Å². The van der Waals surface area contributed by atoms with Crippen LogP contribution in [0.4, 0.5) is 0 Å². The summed E-state index contributed by atoms with van der Waals surface area (Å²) in [4.78, 5) is 33.5. The van der Waals surface area contributed by atoms with Gasteiger partial charge in [-0.3, -0.25) is 9.59 Å². The Morgan fingerprint density at radius 1 is 1.28 bits per heavy atom. The van der Waals surface area contributed by atoms with E-state index in [4.69, 9.17) is 0 Å². The molecule has 5 nitrogen and oxygen atoms in total. The number of aromatic amines is 1. The molecule has 134 valence electrons. The molecule has 25 heavy (non-hydrogen) atoms. The summed E-state index contributed by atoms with van der Waals surface area (Å²) in [5, 5.41) is 0.600. The molecule has 1 aromatic heterocycles. The zero-order valence-electron chi connectivity index (χ0n) is 15.4. The lowest BCUT2D eigenvalue weighted by molar-refractivity contribution is -0.131. The van der Waals surface area contributed by atoms with Crippen LogP contribution in [-0.4, -0.2) is 34.1 Å². The van der Waals surface area contributed by atoms with E-state index in [2.05, 4.69) is 9.97 Å². The molecule has 0 saturated carbocycles. The molecule has 0 radical (unpaired) electrons. The number of rotatable bonds is 6. The number of benzene rings is 1. The highest BCUT2D eigenvalue weighted by Crippen LogP contribution is 2.20. The van der Waals surface area contributed by atoms with E-state index in [1.165, 1.54) is 17.3 Å². The second-order valence-electron chi connectivity index (χ2n) is 6.23. The first-order valence-corrected chi connectivity index (χ1v) is 9.52. The molecule has 1 amide bonds. The summed E-state index contributed by atoms with van der Waals surface area (Å²) >= 11 is 1.40. The van der Waals surface area contributed by atoms with Gasteiger partial charge in [0.15, 0.2) is 5.16 Å². The minimum atomic E-state index is -0.154. The first-order chi connectivity index (χ1) is 11.8. The summed E-state index contributed by atoms with van der Waals surface area (Å²) in [5.74, 6) is 0.0146. The quantitative estimate of drug-likeness (QED) is 0.635. The van der Waals surface area contributed by atoms with Crippen molar-refractivity contribution in [2.45, 2.75) is 44.8 Å². The Kier molecular flexibility index (Phi) is 6.42. The van der Waals surface area contributed by atoms with Gasteiger partial charge in [-0.25, -0.2) is 4.98 Å². The molecule has 1 unspecified atom stereocenters. The van der Waals surface area contributed by atoms with Crippen molar-refractivity contribution < 1.29 is 4.79 Å². The van der Waals surface area contributed by atoms with Gasteiger partial charge in [0.2, 0.25) is 5.91 Å². The summed E-state index contributed by atoms with van der Waals surface area (Å²) in [6.07, 6.45) is 2.55. The number of aromatic nitrogens is 2. The molecule has 1 N–H and O–H groups in total. The van der Waals surface area contributed by atoms with Crippen LogP contribution in [0.3, 0.4) is 0 Å². The first kappa shape index (κ1) is 19.2. The number of hydrogen-bond donors (Lipinski definition) is 1. The maximum atomic E-state index is 12.5. The molecule has 0 spiro atoms. The smallest absolute Gasteiger partial charge is 0.254 e. The molecular formula is C19H25N3O2S. The fraction of sp³-hybridized carbons (Fsp3) is 0.421. The standard InChI is InChI=1S/C19H25N3O2S/c1-12-6-8-15(9-7-12)14(3)22(4)17(23)11-10-16-13(2)20-19(25-5)21-18(16)24/h6-9,14H,10-11H2,1-5H3,(H,20,21,24). The van der Waals surface area contributed by atoms with Crippen molar-refractivity contribution in [1.82, 2.24) is 14.9 Å². The molecule has 2 aromatic rings. The van der Waals surface area contributed by atoms with E-state index in [1.54, 1.807) is 11.9 Å². The summed E-state index contributed by atoms with van der Waals surface area (Å²) in [6, 6.07) is 8.18. The zero-order chi connectivity index (χ0) is 18.6. The van der Waals surface area contributed by atoms with Crippen LogP contribution in [0.1, 0.15) is 41.8 Å². The topological polar surface area (TPSA) is 66.1 Å². The molecule has 1 heterocycles. The number of nitrogens with one attached hydrogen (secondary N) is 1. The molecule has 0 fully saturated rings. The Morgan fingerprint density at radius 3 is 2.48 bits per heavy atom. The van der Waals surface area contributed by atoms with Gasteiger partial charge in [0.05, 0.1) is 6.04 Å². The maximum Gasteiger partial charge on any atom is 0.254 e. The molecule has 0 aliphatic carbocycles. The molecule has 0 bridgehead atoms. The van der Waals surface area contributed by atoms with Crippen LogP contribution in [0.15, 0.2) is 34.2 Å². The average molecular weight is 359 g/mol. The lowest BCUT2D eigenvalue weighted by atomic mass is 10.0. The molecular weight excluding hydrogens is 334 g/mol. The van der Waals surface area contributed by atoms with E-state index in [-0.39, 0.29) is 23.9 Å². The van der Waals surface area contributed by atoms with Gasteiger partial charge in [-0.05, 0) is 39.0 Å². The van der Waals surface area contributed by atoms with Crippen molar-refractivity contribution in [2.24, 2.45) is 0 Å². The van der Waals surface area contributed by atoms with Crippen LogP contribution in [0.2, 0.25) is 0 Å². The molecule has 0 saturated heterocycles. The van der Waals surface area contributed by atoms with Crippen molar-refractivity contribution in [3.8, 4) is 0 Å². The van der Waals surface area contributed by atoms with Crippen molar-refractivity contribution in [2.75, 3.05) is 13.3 Å². The second kappa shape index (κ2) is 8.34. The third-order valence-corrected chi connectivity index (χ3v) is 5.10. The van der Waals surface area contributed by atoms with Gasteiger partial charge >= 0.3 is 0 Å². The van der Waals surface area contributed by atoms with E-state index in [9.17, 15) is 9.59 Å². The van der Waals surface area contributed by atoms with E-state index in [1.807, 2.05) is 51.3 Å². The summed E-state index contributed by atoms with van der Waals surface area (Å²) in [7, 11) is 1.80. The fourth-order valence-corrected chi connectivity index (χ4v) is 3.09. The Labute approximate surface area is 152 Å². The fourth-order valence-electron chi connectivity index (χ4n) is 2.67. The Hall–Kier alpha value is -2.08. The predicted octanol–water partition coefficient (Wildman–Crippen LogP) is 3.26. The van der Waals surface area contributed by atoms with Crippen LogP contribution >= 0.6 is 11.8 Å². The van der Waals surface area contributed by atoms with Crippen LogP contribution in [0.5, 0.6) is 0 Å². The van der Waals surface area contributed by atoms with E-state index >= 15 is 0 Å². The van der Waals surface area contributed by atoms with Gasteiger partial charge in [0.25, 0.3) is 5.56 Å². The number of thioether (sulfide) groups is 1. The van der Waals surface area contributed by atoms with Gasteiger partial charge in [-0.1, -0.05) is 41.6 Å². The molecule has 1 aromatic carbocycles.